The number of amides is 1. The molecule has 0 aliphatic heterocycles. The van der Waals surface area contributed by atoms with Gasteiger partial charge in [-0.1, -0.05) is 24.3 Å². The standard InChI is InChI=1S/C20H18FN3O/c21-15-10-17(19-18(11-15)22-8-9-23-19)20(25)24-12-14-6-3-5-13-4-1-2-7-16(13)14/h1-2,4,7-11,14H,3,5-6,12H2,(H,24,25). The van der Waals surface area contributed by atoms with Gasteiger partial charge in [0, 0.05) is 30.9 Å². The van der Waals surface area contributed by atoms with E-state index in [-0.39, 0.29) is 11.5 Å². The molecule has 1 aromatic heterocycles. The lowest BCUT2D eigenvalue weighted by Crippen LogP contribution is -2.30. The van der Waals surface area contributed by atoms with Crippen molar-refractivity contribution in [2.45, 2.75) is 25.2 Å². The van der Waals surface area contributed by atoms with Crippen molar-refractivity contribution < 1.29 is 9.18 Å². The minimum atomic E-state index is -0.485. The van der Waals surface area contributed by atoms with Gasteiger partial charge in [-0.15, -0.1) is 0 Å². The van der Waals surface area contributed by atoms with Gasteiger partial charge in [0.2, 0.25) is 0 Å². The fourth-order valence-electron chi connectivity index (χ4n) is 3.59. The molecule has 1 atom stereocenters. The monoisotopic (exact) mass is 335 g/mol. The van der Waals surface area contributed by atoms with Crippen LogP contribution in [0.2, 0.25) is 0 Å². The molecule has 1 aliphatic carbocycles. The summed E-state index contributed by atoms with van der Waals surface area (Å²) in [5, 5.41) is 2.96. The largest absolute Gasteiger partial charge is 0.351 e. The number of halogens is 1. The number of benzene rings is 2. The lowest BCUT2D eigenvalue weighted by molar-refractivity contribution is 0.0951. The van der Waals surface area contributed by atoms with Gasteiger partial charge in [-0.2, -0.15) is 0 Å². The Bertz CT molecular complexity index is 941. The van der Waals surface area contributed by atoms with E-state index < -0.39 is 5.82 Å². The van der Waals surface area contributed by atoms with Gasteiger partial charge in [0.05, 0.1) is 11.1 Å². The van der Waals surface area contributed by atoms with Crippen molar-refractivity contribution in [2.24, 2.45) is 0 Å². The predicted octanol–water partition coefficient (Wildman–Crippen LogP) is 3.62. The van der Waals surface area contributed by atoms with Crippen LogP contribution in [0.4, 0.5) is 4.39 Å². The highest BCUT2D eigenvalue weighted by Gasteiger charge is 2.21. The zero-order chi connectivity index (χ0) is 17.2. The average Bonchev–Trinajstić information content (AvgIpc) is 2.65. The summed E-state index contributed by atoms with van der Waals surface area (Å²) in [6, 6.07) is 10.9. The van der Waals surface area contributed by atoms with E-state index in [1.54, 1.807) is 0 Å². The Balaban J connectivity index is 1.56. The molecule has 3 aromatic rings. The van der Waals surface area contributed by atoms with E-state index in [1.165, 1.54) is 35.7 Å². The smallest absolute Gasteiger partial charge is 0.253 e. The quantitative estimate of drug-likeness (QED) is 0.795. The maximum absolute atomic E-state index is 13.8. The highest BCUT2D eigenvalue weighted by atomic mass is 19.1. The van der Waals surface area contributed by atoms with E-state index in [9.17, 15) is 9.18 Å². The summed E-state index contributed by atoms with van der Waals surface area (Å²) in [7, 11) is 0. The highest BCUT2D eigenvalue weighted by Crippen LogP contribution is 2.31. The Labute approximate surface area is 145 Å². The van der Waals surface area contributed by atoms with Crippen LogP contribution in [0, 0.1) is 5.82 Å². The van der Waals surface area contributed by atoms with Crippen LogP contribution in [0.3, 0.4) is 0 Å². The van der Waals surface area contributed by atoms with Crippen molar-refractivity contribution in [3.63, 3.8) is 0 Å². The Morgan fingerprint density at radius 1 is 1.20 bits per heavy atom. The summed E-state index contributed by atoms with van der Waals surface area (Å²) in [6.07, 6.45) is 6.24. The third-order valence-electron chi connectivity index (χ3n) is 4.79. The van der Waals surface area contributed by atoms with E-state index in [1.807, 2.05) is 6.07 Å². The predicted molar refractivity (Wildman–Crippen MR) is 94.0 cm³/mol. The van der Waals surface area contributed by atoms with Crippen LogP contribution in [0.5, 0.6) is 0 Å². The van der Waals surface area contributed by atoms with Crippen molar-refractivity contribution in [1.82, 2.24) is 15.3 Å². The van der Waals surface area contributed by atoms with Gasteiger partial charge in [0.25, 0.3) is 5.91 Å². The first-order valence-electron chi connectivity index (χ1n) is 8.48. The minimum Gasteiger partial charge on any atom is -0.351 e. The Morgan fingerprint density at radius 2 is 2.04 bits per heavy atom. The zero-order valence-electron chi connectivity index (χ0n) is 13.7. The highest BCUT2D eigenvalue weighted by molar-refractivity contribution is 6.04. The first-order chi connectivity index (χ1) is 12.2. The second-order valence-corrected chi connectivity index (χ2v) is 6.38. The number of aryl methyl sites for hydroxylation is 1. The van der Waals surface area contributed by atoms with Crippen molar-refractivity contribution in [3.8, 4) is 0 Å². The third-order valence-corrected chi connectivity index (χ3v) is 4.79. The fraction of sp³-hybridized carbons (Fsp3) is 0.250. The average molecular weight is 335 g/mol. The molecule has 4 nitrogen and oxygen atoms in total. The number of nitrogens with zero attached hydrogens (tertiary/aromatic N) is 2. The number of fused-ring (bicyclic) bond motifs is 2. The molecule has 0 spiro atoms. The number of aromatic nitrogens is 2. The van der Waals surface area contributed by atoms with Crippen LogP contribution < -0.4 is 5.32 Å². The molecule has 0 fully saturated rings. The molecule has 25 heavy (non-hydrogen) atoms. The molecular weight excluding hydrogens is 317 g/mol. The minimum absolute atomic E-state index is 0.229. The summed E-state index contributed by atoms with van der Waals surface area (Å²) in [6.45, 7) is 0.536. The molecule has 4 rings (SSSR count). The van der Waals surface area contributed by atoms with Gasteiger partial charge in [-0.05, 0) is 36.5 Å². The van der Waals surface area contributed by atoms with E-state index in [4.69, 9.17) is 0 Å². The van der Waals surface area contributed by atoms with Crippen molar-refractivity contribution in [1.29, 1.82) is 0 Å². The van der Waals surface area contributed by atoms with Crippen LogP contribution in [0.15, 0.2) is 48.8 Å². The van der Waals surface area contributed by atoms with Crippen molar-refractivity contribution in [2.75, 3.05) is 6.54 Å². The van der Waals surface area contributed by atoms with E-state index in [0.29, 0.717) is 23.5 Å². The lowest BCUT2D eigenvalue weighted by atomic mass is 9.83. The molecule has 0 saturated carbocycles. The number of nitrogens with one attached hydrogen (secondary N) is 1. The van der Waals surface area contributed by atoms with E-state index in [0.717, 1.165) is 19.3 Å². The SMILES string of the molecule is O=C(NCC1CCCc2ccccc21)c1cc(F)cc2nccnc12. The fourth-order valence-corrected chi connectivity index (χ4v) is 3.59. The molecule has 1 N–H and O–H groups in total. The third kappa shape index (κ3) is 3.09. The molecule has 1 amide bonds. The van der Waals surface area contributed by atoms with E-state index in [2.05, 4.69) is 33.5 Å². The molecule has 5 heteroatoms. The van der Waals surface area contributed by atoms with Gasteiger partial charge in [-0.3, -0.25) is 14.8 Å². The van der Waals surface area contributed by atoms with Crippen molar-refractivity contribution >= 4 is 16.9 Å². The van der Waals surface area contributed by atoms with Crippen LogP contribution >= 0.6 is 0 Å². The summed E-state index contributed by atoms with van der Waals surface area (Å²) in [4.78, 5) is 20.9. The number of rotatable bonds is 3. The zero-order valence-corrected chi connectivity index (χ0v) is 13.7. The second kappa shape index (κ2) is 6.59. The lowest BCUT2D eigenvalue weighted by Gasteiger charge is -2.25. The van der Waals surface area contributed by atoms with E-state index >= 15 is 0 Å². The maximum Gasteiger partial charge on any atom is 0.253 e. The molecule has 126 valence electrons. The number of hydrogen-bond donors (Lipinski definition) is 1. The number of carbonyl (C=O) groups is 1. The molecule has 1 heterocycles. The molecule has 1 unspecified atom stereocenters. The van der Waals surface area contributed by atoms with Crippen molar-refractivity contribution in [3.05, 3.63) is 71.3 Å². The van der Waals surface area contributed by atoms with Crippen LogP contribution in [-0.2, 0) is 6.42 Å². The molecule has 2 aromatic carbocycles. The first-order valence-corrected chi connectivity index (χ1v) is 8.48. The van der Waals surface area contributed by atoms with Crippen LogP contribution in [-0.4, -0.2) is 22.4 Å². The summed E-state index contributed by atoms with van der Waals surface area (Å²) >= 11 is 0. The Kier molecular flexibility index (Phi) is 4.14. The molecular formula is C20H18FN3O. The molecule has 1 aliphatic rings. The van der Waals surface area contributed by atoms with Gasteiger partial charge in [0.15, 0.2) is 0 Å². The molecule has 0 radical (unpaired) electrons. The van der Waals surface area contributed by atoms with Gasteiger partial charge >= 0.3 is 0 Å². The second-order valence-electron chi connectivity index (χ2n) is 6.38. The molecule has 0 bridgehead atoms. The first kappa shape index (κ1) is 15.7. The number of hydrogen-bond acceptors (Lipinski definition) is 3. The van der Waals surface area contributed by atoms with Crippen LogP contribution in [0.25, 0.3) is 11.0 Å². The maximum atomic E-state index is 13.8. The van der Waals surface area contributed by atoms with Gasteiger partial charge in [0.1, 0.15) is 11.3 Å². The van der Waals surface area contributed by atoms with Crippen LogP contribution in [0.1, 0.15) is 40.2 Å². The summed E-state index contributed by atoms with van der Waals surface area (Å²) in [5.74, 6) is -0.506. The topological polar surface area (TPSA) is 54.9 Å². The Hall–Kier alpha value is -2.82. The summed E-state index contributed by atoms with van der Waals surface area (Å²) in [5.41, 5.74) is 3.70. The molecule has 0 saturated heterocycles. The van der Waals surface area contributed by atoms with Gasteiger partial charge in [-0.25, -0.2) is 4.39 Å². The summed E-state index contributed by atoms with van der Waals surface area (Å²) < 4.78 is 13.8. The Morgan fingerprint density at radius 3 is 2.96 bits per heavy atom. The van der Waals surface area contributed by atoms with Gasteiger partial charge < -0.3 is 5.32 Å². The normalized spacial score (nSPS) is 16.4. The number of carbonyl (C=O) groups excluding carboxylic acids is 1.